The highest BCUT2D eigenvalue weighted by Gasteiger charge is 2.41. The van der Waals surface area contributed by atoms with Crippen molar-refractivity contribution >= 4 is 29.2 Å². The van der Waals surface area contributed by atoms with Crippen molar-refractivity contribution in [1.29, 1.82) is 0 Å². The number of pyridine rings is 1. The monoisotopic (exact) mass is 489 g/mol. The van der Waals surface area contributed by atoms with E-state index in [0.717, 1.165) is 17.5 Å². The lowest BCUT2D eigenvalue weighted by atomic mass is 9.85. The molecule has 0 radical (unpaired) electrons. The number of alkyl halides is 2. The number of hydrogen-bond donors (Lipinski definition) is 1. The molecule has 3 aromatic rings. The van der Waals surface area contributed by atoms with Crippen LogP contribution in [0.4, 0.5) is 8.78 Å². The zero-order valence-electron chi connectivity index (χ0n) is 18.5. The van der Waals surface area contributed by atoms with Gasteiger partial charge in [0.1, 0.15) is 17.3 Å². The number of oxazole rings is 1. The van der Waals surface area contributed by atoms with Gasteiger partial charge in [0.05, 0.1) is 16.9 Å². The van der Waals surface area contributed by atoms with E-state index in [-0.39, 0.29) is 18.4 Å². The Morgan fingerprint density at radius 1 is 1.35 bits per heavy atom. The Morgan fingerprint density at radius 3 is 2.85 bits per heavy atom. The number of halogens is 3. The molecule has 3 aromatic heterocycles. The van der Waals surface area contributed by atoms with Gasteiger partial charge < -0.3 is 14.4 Å². The largest absolute Gasteiger partial charge is 0.432 e. The minimum absolute atomic E-state index is 0.233. The SMILES string of the molecule is CC(O)c1nc(C(F)F)c(C(=O)N2CCC3=C(N=CC[C@@H]3C)C2c2cc3cccc(Cl)n3n2)o1. The normalized spacial score (nSPS) is 21.4. The first-order valence-electron chi connectivity index (χ1n) is 10.9. The number of nitrogens with zero attached hydrogens (tertiary/aromatic N) is 5. The molecule has 178 valence electrons. The van der Waals surface area contributed by atoms with E-state index in [4.69, 9.17) is 16.0 Å². The summed E-state index contributed by atoms with van der Waals surface area (Å²) in [5, 5.41) is 14.8. The second-order valence-corrected chi connectivity index (χ2v) is 8.89. The van der Waals surface area contributed by atoms with Gasteiger partial charge >= 0.3 is 0 Å². The van der Waals surface area contributed by atoms with E-state index in [0.29, 0.717) is 23.0 Å². The van der Waals surface area contributed by atoms with E-state index in [1.54, 1.807) is 28.9 Å². The lowest BCUT2D eigenvalue weighted by molar-refractivity contribution is 0.0627. The number of hydrogen-bond acceptors (Lipinski definition) is 6. The van der Waals surface area contributed by atoms with Gasteiger partial charge in [-0.2, -0.15) is 5.10 Å². The number of aliphatic imine (C=N–C) groups is 1. The van der Waals surface area contributed by atoms with Crippen LogP contribution in [0.2, 0.25) is 5.15 Å². The van der Waals surface area contributed by atoms with Gasteiger partial charge in [-0.3, -0.25) is 9.79 Å². The Labute approximate surface area is 198 Å². The fraction of sp³-hybridized carbons (Fsp3) is 0.391. The minimum Gasteiger partial charge on any atom is -0.432 e. The molecule has 2 aliphatic heterocycles. The van der Waals surface area contributed by atoms with Crippen molar-refractivity contribution < 1.29 is 23.1 Å². The third-order valence-corrected chi connectivity index (χ3v) is 6.52. The smallest absolute Gasteiger partial charge is 0.292 e. The van der Waals surface area contributed by atoms with Crippen LogP contribution in [0.15, 0.2) is 44.9 Å². The van der Waals surface area contributed by atoms with Gasteiger partial charge in [-0.1, -0.05) is 24.6 Å². The van der Waals surface area contributed by atoms with E-state index in [2.05, 4.69) is 22.0 Å². The summed E-state index contributed by atoms with van der Waals surface area (Å²) in [6.45, 7) is 3.68. The molecule has 2 unspecified atom stereocenters. The Morgan fingerprint density at radius 2 is 2.15 bits per heavy atom. The molecule has 1 N–H and O–H groups in total. The van der Waals surface area contributed by atoms with Crippen LogP contribution in [0.1, 0.15) is 73.1 Å². The summed E-state index contributed by atoms with van der Waals surface area (Å²) in [7, 11) is 0. The minimum atomic E-state index is -3.05. The summed E-state index contributed by atoms with van der Waals surface area (Å²) in [6, 6.07) is 6.40. The second kappa shape index (κ2) is 8.59. The maximum atomic E-state index is 13.7. The third kappa shape index (κ3) is 3.70. The maximum Gasteiger partial charge on any atom is 0.292 e. The molecule has 0 saturated carbocycles. The summed E-state index contributed by atoms with van der Waals surface area (Å²) in [4.78, 5) is 23.3. The van der Waals surface area contributed by atoms with E-state index in [9.17, 15) is 18.7 Å². The number of carbonyl (C=O) groups excluding carboxylic acids is 1. The topological polar surface area (TPSA) is 96.2 Å². The molecule has 0 saturated heterocycles. The molecule has 5 heterocycles. The molecule has 2 aliphatic rings. The van der Waals surface area contributed by atoms with Crippen molar-refractivity contribution in [3.8, 4) is 0 Å². The van der Waals surface area contributed by atoms with Gasteiger partial charge in [-0.25, -0.2) is 18.3 Å². The van der Waals surface area contributed by atoms with Gasteiger partial charge in [0.15, 0.2) is 5.69 Å². The van der Waals surface area contributed by atoms with Gasteiger partial charge in [-0.05, 0) is 49.5 Å². The van der Waals surface area contributed by atoms with Crippen molar-refractivity contribution in [2.75, 3.05) is 6.54 Å². The first kappa shape index (κ1) is 22.7. The average Bonchev–Trinajstić information content (AvgIpc) is 3.44. The lowest BCUT2D eigenvalue weighted by Crippen LogP contribution is -2.41. The summed E-state index contributed by atoms with van der Waals surface area (Å²) in [6.07, 6.45) is -1.15. The van der Waals surface area contributed by atoms with Crippen LogP contribution in [-0.4, -0.2) is 43.3 Å². The van der Waals surface area contributed by atoms with E-state index in [1.807, 2.05) is 6.07 Å². The quantitative estimate of drug-likeness (QED) is 0.525. The van der Waals surface area contributed by atoms with Crippen molar-refractivity contribution in [2.45, 2.75) is 45.3 Å². The van der Waals surface area contributed by atoms with Crippen LogP contribution in [0, 0.1) is 5.92 Å². The molecule has 0 fully saturated rings. The van der Waals surface area contributed by atoms with Gasteiger partial charge in [0.25, 0.3) is 12.3 Å². The molecule has 0 aliphatic carbocycles. The van der Waals surface area contributed by atoms with Crippen LogP contribution in [0.3, 0.4) is 0 Å². The predicted molar refractivity (Wildman–Crippen MR) is 120 cm³/mol. The highest BCUT2D eigenvalue weighted by molar-refractivity contribution is 6.29. The lowest BCUT2D eigenvalue weighted by Gasteiger charge is -2.38. The average molecular weight is 490 g/mol. The first-order valence-corrected chi connectivity index (χ1v) is 11.3. The number of fused-ring (bicyclic) bond motifs is 1. The fourth-order valence-electron chi connectivity index (χ4n) is 4.54. The fourth-order valence-corrected chi connectivity index (χ4v) is 4.75. The van der Waals surface area contributed by atoms with Crippen LogP contribution < -0.4 is 0 Å². The Bertz CT molecular complexity index is 1330. The van der Waals surface area contributed by atoms with E-state index in [1.165, 1.54) is 11.8 Å². The first-order chi connectivity index (χ1) is 16.3. The summed E-state index contributed by atoms with van der Waals surface area (Å²) in [5.41, 5.74) is 2.22. The number of amides is 1. The molecule has 0 spiro atoms. The Hall–Kier alpha value is -3.11. The Kier molecular flexibility index (Phi) is 5.73. The van der Waals surface area contributed by atoms with Crippen molar-refractivity contribution in [1.82, 2.24) is 19.5 Å². The molecule has 0 aromatic carbocycles. The highest BCUT2D eigenvalue weighted by atomic mass is 35.5. The number of rotatable bonds is 4. The van der Waals surface area contributed by atoms with Gasteiger partial charge in [0, 0.05) is 12.8 Å². The van der Waals surface area contributed by atoms with E-state index >= 15 is 0 Å². The molecular weight excluding hydrogens is 468 g/mol. The molecule has 34 heavy (non-hydrogen) atoms. The van der Waals surface area contributed by atoms with Crippen molar-refractivity contribution in [2.24, 2.45) is 10.9 Å². The summed E-state index contributed by atoms with van der Waals surface area (Å²) >= 11 is 6.30. The van der Waals surface area contributed by atoms with Crippen LogP contribution in [0.25, 0.3) is 5.52 Å². The highest BCUT2D eigenvalue weighted by Crippen LogP contribution is 2.42. The van der Waals surface area contributed by atoms with Gasteiger partial charge in [0.2, 0.25) is 11.7 Å². The molecule has 0 bridgehead atoms. The second-order valence-electron chi connectivity index (χ2n) is 8.51. The summed E-state index contributed by atoms with van der Waals surface area (Å²) in [5.74, 6) is -1.45. The van der Waals surface area contributed by atoms with Crippen molar-refractivity contribution in [3.05, 3.63) is 63.7 Å². The molecule has 8 nitrogen and oxygen atoms in total. The zero-order chi connectivity index (χ0) is 24.1. The molecule has 11 heteroatoms. The van der Waals surface area contributed by atoms with E-state index < -0.39 is 35.9 Å². The maximum absolute atomic E-state index is 13.7. The summed E-state index contributed by atoms with van der Waals surface area (Å²) < 4.78 is 34.3. The molecule has 1 amide bonds. The number of aliphatic hydroxyl groups is 1. The number of carbonyl (C=O) groups is 1. The van der Waals surface area contributed by atoms with Crippen LogP contribution in [0.5, 0.6) is 0 Å². The molecule has 5 rings (SSSR count). The molecular formula is C23H22ClF2N5O3. The van der Waals surface area contributed by atoms with Crippen molar-refractivity contribution in [3.63, 3.8) is 0 Å². The standard InChI is InChI=1S/C23H22ClF2N5O3/c1-11-6-8-27-17-14(11)7-9-30(19(17)15-10-13-4-3-5-16(24)31(13)29-15)23(33)20-18(21(25)26)28-22(34-20)12(2)32/h3-5,8,10-12,19,21,32H,6-7,9H2,1-2H3/t11-,12?,19?/m0/s1. The Balaban J connectivity index is 1.65. The van der Waals surface area contributed by atoms with Gasteiger partial charge in [-0.15, -0.1) is 0 Å². The molecule has 3 atom stereocenters. The van der Waals surface area contributed by atoms with Crippen LogP contribution in [-0.2, 0) is 0 Å². The third-order valence-electron chi connectivity index (χ3n) is 6.23. The predicted octanol–water partition coefficient (Wildman–Crippen LogP) is 4.92. The number of aromatic nitrogens is 3. The van der Waals surface area contributed by atoms with Crippen LogP contribution >= 0.6 is 11.6 Å². The number of aliphatic hydroxyl groups excluding tert-OH is 1. The zero-order valence-corrected chi connectivity index (χ0v) is 19.2.